The van der Waals surface area contributed by atoms with E-state index in [2.05, 4.69) is 9.72 Å². The molecule has 0 radical (unpaired) electrons. The standard InChI is InChI=1S/C9H8N2O2/c1-6-5-11-7(4-10)3-8(6)9(12)13-2/h3,5H,1-2H3. The van der Waals surface area contributed by atoms with Crippen LogP contribution in [0.2, 0.25) is 0 Å². The Morgan fingerprint density at radius 2 is 2.38 bits per heavy atom. The quantitative estimate of drug-likeness (QED) is 0.600. The van der Waals surface area contributed by atoms with Crippen LogP contribution in [0.25, 0.3) is 0 Å². The van der Waals surface area contributed by atoms with Gasteiger partial charge in [-0.2, -0.15) is 5.26 Å². The van der Waals surface area contributed by atoms with Gasteiger partial charge in [-0.25, -0.2) is 9.78 Å². The molecule has 0 spiro atoms. The number of ether oxygens (including phenoxy) is 1. The Labute approximate surface area is 75.8 Å². The highest BCUT2D eigenvalue weighted by atomic mass is 16.5. The molecular weight excluding hydrogens is 168 g/mol. The third-order valence-electron chi connectivity index (χ3n) is 1.62. The van der Waals surface area contributed by atoms with E-state index in [1.807, 2.05) is 6.07 Å². The number of hydrogen-bond donors (Lipinski definition) is 0. The molecule has 1 aromatic heterocycles. The van der Waals surface area contributed by atoms with Crippen LogP contribution in [0.15, 0.2) is 12.3 Å². The van der Waals surface area contributed by atoms with Crippen molar-refractivity contribution in [3.8, 4) is 6.07 Å². The smallest absolute Gasteiger partial charge is 0.338 e. The van der Waals surface area contributed by atoms with Gasteiger partial charge in [-0.15, -0.1) is 0 Å². The number of carbonyl (C=O) groups is 1. The molecule has 13 heavy (non-hydrogen) atoms. The monoisotopic (exact) mass is 176 g/mol. The van der Waals surface area contributed by atoms with Crippen molar-refractivity contribution in [1.82, 2.24) is 4.98 Å². The Morgan fingerprint density at radius 3 is 2.92 bits per heavy atom. The summed E-state index contributed by atoms with van der Waals surface area (Å²) in [5, 5.41) is 8.54. The van der Waals surface area contributed by atoms with Crippen molar-refractivity contribution in [3.05, 3.63) is 29.1 Å². The SMILES string of the molecule is COC(=O)c1cc(C#N)ncc1C. The first-order chi connectivity index (χ1) is 6.19. The van der Waals surface area contributed by atoms with Crippen LogP contribution < -0.4 is 0 Å². The van der Waals surface area contributed by atoms with Crippen LogP contribution in [-0.4, -0.2) is 18.1 Å². The van der Waals surface area contributed by atoms with Crippen molar-refractivity contribution in [3.63, 3.8) is 0 Å². The van der Waals surface area contributed by atoms with Gasteiger partial charge in [-0.1, -0.05) is 0 Å². The van der Waals surface area contributed by atoms with E-state index < -0.39 is 5.97 Å². The van der Waals surface area contributed by atoms with Crippen molar-refractivity contribution in [2.45, 2.75) is 6.92 Å². The number of rotatable bonds is 1. The van der Waals surface area contributed by atoms with Crippen LogP contribution in [0.5, 0.6) is 0 Å². The first-order valence-electron chi connectivity index (χ1n) is 3.64. The van der Waals surface area contributed by atoms with E-state index in [0.717, 1.165) is 0 Å². The van der Waals surface area contributed by atoms with Gasteiger partial charge in [0.2, 0.25) is 0 Å². The molecule has 0 N–H and O–H groups in total. The molecule has 4 nitrogen and oxygen atoms in total. The maximum Gasteiger partial charge on any atom is 0.338 e. The van der Waals surface area contributed by atoms with E-state index in [9.17, 15) is 4.79 Å². The molecule has 0 atom stereocenters. The predicted molar refractivity (Wildman–Crippen MR) is 45.0 cm³/mol. The topological polar surface area (TPSA) is 63.0 Å². The Bertz CT molecular complexity index is 380. The lowest BCUT2D eigenvalue weighted by molar-refractivity contribution is 0.0599. The minimum atomic E-state index is -0.448. The fraction of sp³-hybridized carbons (Fsp3) is 0.222. The number of esters is 1. The minimum Gasteiger partial charge on any atom is -0.465 e. The van der Waals surface area contributed by atoms with E-state index in [-0.39, 0.29) is 5.69 Å². The number of nitriles is 1. The average Bonchev–Trinajstić information content (AvgIpc) is 2.17. The largest absolute Gasteiger partial charge is 0.465 e. The van der Waals surface area contributed by atoms with Gasteiger partial charge in [0.15, 0.2) is 0 Å². The Hall–Kier alpha value is -1.89. The molecule has 1 rings (SSSR count). The fourth-order valence-corrected chi connectivity index (χ4v) is 0.915. The van der Waals surface area contributed by atoms with Crippen LogP contribution in [0.3, 0.4) is 0 Å². The number of nitrogens with zero attached hydrogens (tertiary/aromatic N) is 2. The molecule has 0 saturated heterocycles. The van der Waals surface area contributed by atoms with Crippen molar-refractivity contribution in [2.75, 3.05) is 7.11 Å². The third-order valence-corrected chi connectivity index (χ3v) is 1.62. The summed E-state index contributed by atoms with van der Waals surface area (Å²) in [6.07, 6.45) is 1.48. The number of aryl methyl sites for hydroxylation is 1. The van der Waals surface area contributed by atoms with Gasteiger partial charge in [-0.05, 0) is 18.6 Å². The summed E-state index contributed by atoms with van der Waals surface area (Å²) in [6, 6.07) is 3.27. The lowest BCUT2D eigenvalue weighted by Crippen LogP contribution is -2.05. The molecule has 0 aromatic carbocycles. The molecule has 0 aliphatic rings. The van der Waals surface area contributed by atoms with E-state index in [1.165, 1.54) is 19.4 Å². The van der Waals surface area contributed by atoms with E-state index in [0.29, 0.717) is 11.1 Å². The molecule has 0 aliphatic heterocycles. The molecule has 0 amide bonds. The molecule has 0 aliphatic carbocycles. The minimum absolute atomic E-state index is 0.214. The second kappa shape index (κ2) is 3.68. The summed E-state index contributed by atoms with van der Waals surface area (Å²) in [5.41, 5.74) is 1.30. The molecule has 1 aromatic rings. The lowest BCUT2D eigenvalue weighted by Gasteiger charge is -2.02. The molecule has 0 saturated carbocycles. The zero-order valence-corrected chi connectivity index (χ0v) is 7.37. The first-order valence-corrected chi connectivity index (χ1v) is 3.64. The number of methoxy groups -OCH3 is 1. The fourth-order valence-electron chi connectivity index (χ4n) is 0.915. The molecule has 0 fully saturated rings. The summed E-state index contributed by atoms with van der Waals surface area (Å²) in [4.78, 5) is 14.9. The zero-order chi connectivity index (χ0) is 9.84. The van der Waals surface area contributed by atoms with Crippen LogP contribution in [-0.2, 0) is 4.74 Å². The van der Waals surface area contributed by atoms with Crippen molar-refractivity contribution in [1.29, 1.82) is 5.26 Å². The highest BCUT2D eigenvalue weighted by Crippen LogP contribution is 2.08. The summed E-state index contributed by atoms with van der Waals surface area (Å²) in [5.74, 6) is -0.448. The van der Waals surface area contributed by atoms with Gasteiger partial charge in [0.1, 0.15) is 11.8 Å². The Kier molecular flexibility index (Phi) is 2.60. The van der Waals surface area contributed by atoms with Crippen LogP contribution in [0.1, 0.15) is 21.6 Å². The summed E-state index contributed by atoms with van der Waals surface area (Å²) in [7, 11) is 1.30. The zero-order valence-electron chi connectivity index (χ0n) is 7.37. The van der Waals surface area contributed by atoms with Crippen molar-refractivity contribution in [2.24, 2.45) is 0 Å². The molecular formula is C9H8N2O2. The second-order valence-corrected chi connectivity index (χ2v) is 2.49. The van der Waals surface area contributed by atoms with Crippen LogP contribution >= 0.6 is 0 Å². The maximum absolute atomic E-state index is 11.1. The van der Waals surface area contributed by atoms with E-state index in [1.54, 1.807) is 6.92 Å². The number of pyridine rings is 1. The third kappa shape index (κ3) is 1.82. The molecule has 4 heteroatoms. The predicted octanol–water partition coefficient (Wildman–Crippen LogP) is 1.05. The number of carbonyl (C=O) groups excluding carboxylic acids is 1. The maximum atomic E-state index is 11.1. The van der Waals surface area contributed by atoms with Gasteiger partial charge in [0.25, 0.3) is 0 Å². The van der Waals surface area contributed by atoms with E-state index >= 15 is 0 Å². The van der Waals surface area contributed by atoms with Crippen LogP contribution in [0.4, 0.5) is 0 Å². The lowest BCUT2D eigenvalue weighted by atomic mass is 10.1. The highest BCUT2D eigenvalue weighted by Gasteiger charge is 2.09. The van der Waals surface area contributed by atoms with Gasteiger partial charge < -0.3 is 4.74 Å². The Morgan fingerprint density at radius 1 is 1.69 bits per heavy atom. The number of aromatic nitrogens is 1. The normalized spacial score (nSPS) is 9.00. The number of hydrogen-bond acceptors (Lipinski definition) is 4. The van der Waals surface area contributed by atoms with Gasteiger partial charge in [0.05, 0.1) is 12.7 Å². The van der Waals surface area contributed by atoms with Crippen molar-refractivity contribution >= 4 is 5.97 Å². The molecule has 0 bridgehead atoms. The molecule has 66 valence electrons. The van der Waals surface area contributed by atoms with Crippen LogP contribution in [0, 0.1) is 18.3 Å². The summed E-state index contributed by atoms with van der Waals surface area (Å²) < 4.78 is 4.54. The van der Waals surface area contributed by atoms with Gasteiger partial charge in [-0.3, -0.25) is 0 Å². The van der Waals surface area contributed by atoms with E-state index in [4.69, 9.17) is 5.26 Å². The summed E-state index contributed by atoms with van der Waals surface area (Å²) in [6.45, 7) is 1.74. The molecule has 0 unspecified atom stereocenters. The van der Waals surface area contributed by atoms with Gasteiger partial charge >= 0.3 is 5.97 Å². The second-order valence-electron chi connectivity index (χ2n) is 2.49. The first kappa shape index (κ1) is 9.20. The van der Waals surface area contributed by atoms with Crippen molar-refractivity contribution < 1.29 is 9.53 Å². The van der Waals surface area contributed by atoms with Gasteiger partial charge in [0, 0.05) is 6.20 Å². The average molecular weight is 176 g/mol. The molecule has 1 heterocycles. The Balaban J connectivity index is 3.20. The summed E-state index contributed by atoms with van der Waals surface area (Å²) >= 11 is 0. The highest BCUT2D eigenvalue weighted by molar-refractivity contribution is 5.91.